The Kier molecular flexibility index (Phi) is 7.46. The number of aromatic nitrogens is 4. The number of H-pyrrole nitrogens is 1. The summed E-state index contributed by atoms with van der Waals surface area (Å²) >= 11 is 0. The lowest BCUT2D eigenvalue weighted by atomic mass is 9.91. The summed E-state index contributed by atoms with van der Waals surface area (Å²) in [5, 5.41) is 6.16. The van der Waals surface area contributed by atoms with E-state index in [0.29, 0.717) is 53.4 Å². The Labute approximate surface area is 235 Å². The van der Waals surface area contributed by atoms with Crippen LogP contribution in [0.25, 0.3) is 22.6 Å². The molecule has 1 aliphatic heterocycles. The van der Waals surface area contributed by atoms with Gasteiger partial charge in [0.05, 0.1) is 35.7 Å². The number of anilines is 1. The van der Waals surface area contributed by atoms with Crippen LogP contribution in [0.2, 0.25) is 0 Å². The van der Waals surface area contributed by atoms with E-state index in [1.54, 1.807) is 36.5 Å². The molecule has 2 fully saturated rings. The number of hydrogen-bond acceptors (Lipinski definition) is 7. The lowest BCUT2D eigenvalue weighted by molar-refractivity contribution is -0.231. The van der Waals surface area contributed by atoms with E-state index in [-0.39, 0.29) is 30.8 Å². The van der Waals surface area contributed by atoms with Crippen molar-refractivity contribution >= 4 is 11.9 Å². The van der Waals surface area contributed by atoms with Gasteiger partial charge in [-0.2, -0.15) is 0 Å². The number of imidazole rings is 1. The molecule has 1 aliphatic carbocycles. The first-order valence-corrected chi connectivity index (χ1v) is 13.6. The van der Waals surface area contributed by atoms with Crippen molar-refractivity contribution in [3.63, 3.8) is 0 Å². The van der Waals surface area contributed by atoms with Crippen LogP contribution in [0.3, 0.4) is 0 Å². The number of rotatable bonds is 9. The van der Waals surface area contributed by atoms with Crippen molar-refractivity contribution in [2.24, 2.45) is 11.3 Å². The van der Waals surface area contributed by atoms with Crippen LogP contribution in [0.15, 0.2) is 60.8 Å². The smallest absolute Gasteiger partial charge is 0.230 e. The van der Waals surface area contributed by atoms with Gasteiger partial charge >= 0.3 is 0 Å². The van der Waals surface area contributed by atoms with E-state index in [0.717, 1.165) is 18.4 Å². The Morgan fingerprint density at radius 1 is 1.00 bits per heavy atom. The summed E-state index contributed by atoms with van der Waals surface area (Å²) in [6.07, 6.45) is 3.09. The zero-order valence-corrected chi connectivity index (χ0v) is 22.5. The third kappa shape index (κ3) is 6.26. The topological polar surface area (TPSA) is 114 Å². The maximum Gasteiger partial charge on any atom is 0.230 e. The lowest BCUT2D eigenvalue weighted by Crippen LogP contribution is -2.49. The summed E-state index contributed by atoms with van der Waals surface area (Å²) in [7, 11) is 0. The maximum absolute atomic E-state index is 13.7. The highest BCUT2D eigenvalue weighted by atomic mass is 19.1. The second-order valence-corrected chi connectivity index (χ2v) is 10.8. The molecule has 0 atom stereocenters. The van der Waals surface area contributed by atoms with Crippen molar-refractivity contribution in [1.29, 1.82) is 0 Å². The SMILES string of the molecule is CC1(C(=O)NCC2CC2)COC(c2nc(-c3ccc(F)cc3)c(-c3ccnc(NCc4ccc(F)cc4)n3)[nH]2)OC1. The highest BCUT2D eigenvalue weighted by Crippen LogP contribution is 2.36. The van der Waals surface area contributed by atoms with E-state index in [1.165, 1.54) is 24.3 Å². The summed E-state index contributed by atoms with van der Waals surface area (Å²) in [6, 6.07) is 13.9. The highest BCUT2D eigenvalue weighted by Gasteiger charge is 2.41. The maximum atomic E-state index is 13.7. The molecule has 1 saturated heterocycles. The van der Waals surface area contributed by atoms with Gasteiger partial charge in [-0.3, -0.25) is 4.79 Å². The molecule has 41 heavy (non-hydrogen) atoms. The van der Waals surface area contributed by atoms with E-state index >= 15 is 0 Å². The van der Waals surface area contributed by atoms with Gasteiger partial charge in [-0.1, -0.05) is 12.1 Å². The Balaban J connectivity index is 1.23. The fourth-order valence-corrected chi connectivity index (χ4v) is 4.54. The molecular formula is C30H30F2N6O3. The van der Waals surface area contributed by atoms with Crippen LogP contribution >= 0.6 is 0 Å². The first kappa shape index (κ1) is 27.0. The molecule has 6 rings (SSSR count). The molecule has 0 unspecified atom stereocenters. The zero-order valence-electron chi connectivity index (χ0n) is 22.5. The van der Waals surface area contributed by atoms with Crippen molar-refractivity contribution in [3.8, 4) is 22.6 Å². The molecule has 2 aromatic carbocycles. The van der Waals surface area contributed by atoms with Gasteiger partial charge in [-0.25, -0.2) is 23.7 Å². The Hall–Kier alpha value is -4.22. The van der Waals surface area contributed by atoms with Crippen LogP contribution in [-0.4, -0.2) is 45.6 Å². The molecule has 3 heterocycles. The minimum absolute atomic E-state index is 0.0864. The van der Waals surface area contributed by atoms with Crippen LogP contribution in [0, 0.1) is 23.0 Å². The van der Waals surface area contributed by atoms with E-state index in [2.05, 4.69) is 25.6 Å². The minimum Gasteiger partial charge on any atom is -0.355 e. The number of halogens is 2. The monoisotopic (exact) mass is 560 g/mol. The molecular weight excluding hydrogens is 530 g/mol. The molecule has 1 amide bonds. The number of nitrogens with zero attached hydrogens (tertiary/aromatic N) is 3. The fourth-order valence-electron chi connectivity index (χ4n) is 4.54. The van der Waals surface area contributed by atoms with E-state index in [1.807, 2.05) is 6.92 Å². The van der Waals surface area contributed by atoms with Crippen LogP contribution in [-0.2, 0) is 20.8 Å². The summed E-state index contributed by atoms with van der Waals surface area (Å²) in [4.78, 5) is 29.8. The zero-order chi connectivity index (χ0) is 28.4. The Morgan fingerprint density at radius 3 is 2.37 bits per heavy atom. The average Bonchev–Trinajstić information content (AvgIpc) is 3.72. The Morgan fingerprint density at radius 2 is 1.68 bits per heavy atom. The molecule has 3 N–H and O–H groups in total. The van der Waals surface area contributed by atoms with Gasteiger partial charge in [-0.15, -0.1) is 0 Å². The number of carbonyl (C=O) groups excluding carboxylic acids is 1. The number of ether oxygens (including phenoxy) is 2. The third-order valence-corrected chi connectivity index (χ3v) is 7.24. The van der Waals surface area contributed by atoms with Gasteiger partial charge in [-0.05, 0) is 73.7 Å². The van der Waals surface area contributed by atoms with Gasteiger partial charge in [0.15, 0.2) is 5.82 Å². The van der Waals surface area contributed by atoms with Crippen molar-refractivity contribution in [2.45, 2.75) is 32.6 Å². The molecule has 1 saturated carbocycles. The van der Waals surface area contributed by atoms with Gasteiger partial charge < -0.3 is 25.1 Å². The van der Waals surface area contributed by atoms with Crippen molar-refractivity contribution in [3.05, 3.63) is 83.8 Å². The van der Waals surface area contributed by atoms with Gasteiger partial charge in [0, 0.05) is 24.8 Å². The van der Waals surface area contributed by atoms with E-state index in [9.17, 15) is 13.6 Å². The Bertz CT molecular complexity index is 1510. The van der Waals surface area contributed by atoms with Gasteiger partial charge in [0.2, 0.25) is 18.1 Å². The number of carbonyl (C=O) groups is 1. The van der Waals surface area contributed by atoms with Crippen molar-refractivity contribution in [2.75, 3.05) is 25.1 Å². The normalized spacial score (nSPS) is 20.5. The average molecular weight is 561 g/mol. The molecule has 11 heteroatoms. The van der Waals surface area contributed by atoms with E-state index in [4.69, 9.17) is 14.5 Å². The van der Waals surface area contributed by atoms with E-state index < -0.39 is 11.7 Å². The largest absolute Gasteiger partial charge is 0.355 e. The molecule has 4 aromatic rings. The lowest BCUT2D eigenvalue weighted by Gasteiger charge is -2.35. The first-order valence-electron chi connectivity index (χ1n) is 13.6. The molecule has 2 aliphatic rings. The minimum atomic E-state index is -0.829. The van der Waals surface area contributed by atoms with Crippen molar-refractivity contribution < 1.29 is 23.0 Å². The number of benzene rings is 2. The molecule has 0 bridgehead atoms. The molecule has 212 valence electrons. The molecule has 2 aromatic heterocycles. The van der Waals surface area contributed by atoms with Crippen LogP contribution in [0.5, 0.6) is 0 Å². The predicted molar refractivity (Wildman–Crippen MR) is 147 cm³/mol. The number of aromatic amines is 1. The van der Waals surface area contributed by atoms with Crippen molar-refractivity contribution in [1.82, 2.24) is 25.3 Å². The quantitative estimate of drug-likeness (QED) is 0.264. The summed E-state index contributed by atoms with van der Waals surface area (Å²) in [5.74, 6) is 0.593. The molecule has 9 nitrogen and oxygen atoms in total. The number of nitrogens with one attached hydrogen (secondary N) is 3. The number of hydrogen-bond donors (Lipinski definition) is 3. The van der Waals surface area contributed by atoms with Crippen LogP contribution < -0.4 is 10.6 Å². The van der Waals surface area contributed by atoms with Gasteiger partial charge in [0.25, 0.3) is 0 Å². The second kappa shape index (κ2) is 11.3. The molecule has 0 spiro atoms. The van der Waals surface area contributed by atoms with Crippen LogP contribution in [0.1, 0.15) is 37.4 Å². The van der Waals surface area contributed by atoms with Gasteiger partial charge in [0.1, 0.15) is 11.6 Å². The first-order chi connectivity index (χ1) is 19.9. The van der Waals surface area contributed by atoms with Crippen LogP contribution in [0.4, 0.5) is 14.7 Å². The molecule has 0 radical (unpaired) electrons. The summed E-state index contributed by atoms with van der Waals surface area (Å²) in [6.45, 7) is 3.24. The number of amides is 1. The second-order valence-electron chi connectivity index (χ2n) is 10.8. The highest BCUT2D eigenvalue weighted by molar-refractivity contribution is 5.82. The fraction of sp³-hybridized carbons (Fsp3) is 0.333. The summed E-state index contributed by atoms with van der Waals surface area (Å²) < 4.78 is 38.9. The predicted octanol–water partition coefficient (Wildman–Crippen LogP) is 5.00. The third-order valence-electron chi connectivity index (χ3n) is 7.24. The summed E-state index contributed by atoms with van der Waals surface area (Å²) in [5.41, 5.74) is 2.38. The standard InChI is InChI=1S/C30H30F2N6O3/c1-30(28(39)34-14-18-2-3-18)16-40-27(41-17-30)26-37-24(20-6-10-22(32)11-7-20)25(38-26)23-12-13-33-29(36-23)35-15-19-4-8-21(31)9-5-19/h4-13,18,27H,2-3,14-17H2,1H3,(H,34,39)(H,37,38)(H,33,35,36).